The molecule has 6 heteroatoms. The second-order valence-electron chi connectivity index (χ2n) is 7.20. The molecule has 0 radical (unpaired) electrons. The van der Waals surface area contributed by atoms with Gasteiger partial charge in [-0.3, -0.25) is 9.69 Å². The van der Waals surface area contributed by atoms with Gasteiger partial charge in [-0.15, -0.1) is 11.3 Å². The number of methoxy groups -OCH3 is 1. The van der Waals surface area contributed by atoms with Crippen molar-refractivity contribution in [1.29, 1.82) is 0 Å². The van der Waals surface area contributed by atoms with Gasteiger partial charge >= 0.3 is 0 Å². The molecule has 0 saturated carbocycles. The van der Waals surface area contributed by atoms with E-state index < -0.39 is 0 Å². The van der Waals surface area contributed by atoms with Gasteiger partial charge in [0.05, 0.1) is 11.5 Å². The lowest BCUT2D eigenvalue weighted by molar-refractivity contribution is 0.0912. The van der Waals surface area contributed by atoms with E-state index in [-0.39, 0.29) is 18.3 Å². The zero-order valence-corrected chi connectivity index (χ0v) is 17.0. The molecule has 1 unspecified atom stereocenters. The highest BCUT2D eigenvalue weighted by atomic mass is 32.1. The number of amides is 1. The van der Waals surface area contributed by atoms with Gasteiger partial charge in [-0.05, 0) is 44.5 Å². The fourth-order valence-corrected chi connectivity index (χ4v) is 5.01. The summed E-state index contributed by atoms with van der Waals surface area (Å²) >= 11 is 1.34. The first-order chi connectivity index (χ1) is 13.2. The van der Waals surface area contributed by atoms with E-state index in [9.17, 15) is 9.18 Å². The predicted octanol–water partition coefficient (Wildman–Crippen LogP) is 4.57. The molecule has 2 heterocycles. The van der Waals surface area contributed by atoms with Crippen molar-refractivity contribution in [1.82, 2.24) is 10.2 Å². The lowest BCUT2D eigenvalue weighted by atomic mass is 10.0. The molecule has 27 heavy (non-hydrogen) atoms. The number of unbranched alkanes of at least 4 members (excludes halogenated alkanes) is 1. The van der Waals surface area contributed by atoms with Crippen molar-refractivity contribution in [2.75, 3.05) is 26.7 Å². The van der Waals surface area contributed by atoms with Crippen molar-refractivity contribution in [3.63, 3.8) is 0 Å². The summed E-state index contributed by atoms with van der Waals surface area (Å²) in [5, 5.41) is 3.62. The Morgan fingerprint density at radius 2 is 2.26 bits per heavy atom. The van der Waals surface area contributed by atoms with E-state index in [1.165, 1.54) is 43.1 Å². The minimum Gasteiger partial charge on any atom is -0.380 e. The van der Waals surface area contributed by atoms with Crippen LogP contribution in [0.4, 0.5) is 4.39 Å². The largest absolute Gasteiger partial charge is 0.380 e. The number of nitrogens with one attached hydrogen (secondary N) is 1. The van der Waals surface area contributed by atoms with Crippen LogP contribution in [0.1, 0.15) is 54.3 Å². The lowest BCUT2D eigenvalue weighted by Gasteiger charge is -2.35. The third-order valence-corrected chi connectivity index (χ3v) is 6.50. The van der Waals surface area contributed by atoms with Crippen LogP contribution in [0, 0.1) is 5.82 Å². The van der Waals surface area contributed by atoms with E-state index >= 15 is 0 Å². The summed E-state index contributed by atoms with van der Waals surface area (Å²) in [6.45, 7) is 5.30. The van der Waals surface area contributed by atoms with Crippen molar-refractivity contribution < 1.29 is 13.9 Å². The highest BCUT2D eigenvalue weighted by Gasteiger charge is 2.24. The first-order valence-corrected chi connectivity index (χ1v) is 10.7. The minimum atomic E-state index is -0.298. The molecule has 1 fully saturated rings. The Kier molecular flexibility index (Phi) is 7.21. The zero-order valence-electron chi connectivity index (χ0n) is 16.2. The predicted molar refractivity (Wildman–Crippen MR) is 109 cm³/mol. The molecule has 2 aromatic rings. The Morgan fingerprint density at radius 3 is 3.04 bits per heavy atom. The molecule has 1 amide bonds. The number of hydrogen-bond acceptors (Lipinski definition) is 4. The lowest BCUT2D eigenvalue weighted by Crippen LogP contribution is -2.47. The third kappa shape index (κ3) is 4.68. The van der Waals surface area contributed by atoms with E-state index in [1.54, 1.807) is 13.2 Å². The summed E-state index contributed by atoms with van der Waals surface area (Å²) < 4.78 is 20.3. The van der Waals surface area contributed by atoms with Gasteiger partial charge in [-0.25, -0.2) is 4.39 Å². The van der Waals surface area contributed by atoms with E-state index in [1.807, 2.05) is 6.07 Å². The fourth-order valence-electron chi connectivity index (χ4n) is 3.87. The van der Waals surface area contributed by atoms with Crippen molar-refractivity contribution in [2.24, 2.45) is 0 Å². The number of piperidine rings is 1. The number of fused-ring (bicyclic) bond motifs is 1. The monoisotopic (exact) mass is 392 g/mol. The number of ether oxygens (including phenoxy) is 1. The molecule has 148 valence electrons. The van der Waals surface area contributed by atoms with Gasteiger partial charge in [0.25, 0.3) is 5.91 Å². The molecule has 1 saturated heterocycles. The number of thiophene rings is 1. The average Bonchev–Trinajstić information content (AvgIpc) is 3.05. The van der Waals surface area contributed by atoms with E-state index in [0.29, 0.717) is 28.4 Å². The maximum atomic E-state index is 14.3. The SMILES string of the molecule is CCCCN1CCCCC1CNC(=O)c1sc2cccc(F)c2c1COC. The molecule has 0 bridgehead atoms. The standard InChI is InChI=1S/C21H29FN2O2S/c1-3-4-11-24-12-6-5-8-15(24)13-23-21(25)20-16(14-26-2)19-17(22)9-7-10-18(19)27-20/h7,9-10,15H,3-6,8,11-14H2,1-2H3,(H,23,25). The molecule has 1 atom stereocenters. The number of rotatable bonds is 8. The third-order valence-electron chi connectivity index (χ3n) is 5.30. The summed E-state index contributed by atoms with van der Waals surface area (Å²) in [4.78, 5) is 16.0. The van der Waals surface area contributed by atoms with Crippen LogP contribution in [0.15, 0.2) is 18.2 Å². The number of likely N-dealkylation sites (tertiary alicyclic amines) is 1. The van der Waals surface area contributed by atoms with Gasteiger partial charge in [0, 0.05) is 35.3 Å². The molecule has 1 aromatic carbocycles. The Labute approximate surface area is 164 Å². The number of benzene rings is 1. The van der Waals surface area contributed by atoms with E-state index in [4.69, 9.17) is 4.74 Å². The Morgan fingerprint density at radius 1 is 1.41 bits per heavy atom. The number of carbonyl (C=O) groups is 1. The van der Waals surface area contributed by atoms with Crippen molar-refractivity contribution in [2.45, 2.75) is 51.7 Å². The van der Waals surface area contributed by atoms with Gasteiger partial charge < -0.3 is 10.1 Å². The highest BCUT2D eigenvalue weighted by molar-refractivity contribution is 7.21. The van der Waals surface area contributed by atoms with Crippen LogP contribution in [0.2, 0.25) is 0 Å². The van der Waals surface area contributed by atoms with Crippen LogP contribution in [0.25, 0.3) is 10.1 Å². The topological polar surface area (TPSA) is 41.6 Å². The van der Waals surface area contributed by atoms with Crippen LogP contribution >= 0.6 is 11.3 Å². The summed E-state index contributed by atoms with van der Waals surface area (Å²) in [6, 6.07) is 5.36. The van der Waals surface area contributed by atoms with Gasteiger partial charge in [0.2, 0.25) is 0 Å². The first kappa shape index (κ1) is 20.2. The van der Waals surface area contributed by atoms with Crippen LogP contribution in [-0.2, 0) is 11.3 Å². The van der Waals surface area contributed by atoms with Gasteiger partial charge in [-0.1, -0.05) is 25.8 Å². The van der Waals surface area contributed by atoms with E-state index in [0.717, 1.165) is 24.2 Å². The van der Waals surface area contributed by atoms with Crippen molar-refractivity contribution >= 4 is 27.3 Å². The quantitative estimate of drug-likeness (QED) is 0.715. The fraction of sp³-hybridized carbons (Fsp3) is 0.571. The Bertz CT molecular complexity index is 777. The number of halogens is 1. The van der Waals surface area contributed by atoms with Gasteiger partial charge in [0.1, 0.15) is 5.82 Å². The highest BCUT2D eigenvalue weighted by Crippen LogP contribution is 2.33. The van der Waals surface area contributed by atoms with Crippen molar-refractivity contribution in [3.8, 4) is 0 Å². The normalized spacial score (nSPS) is 18.1. The molecule has 1 N–H and O–H groups in total. The molecule has 1 aliphatic rings. The van der Waals surface area contributed by atoms with Gasteiger partial charge in [0.15, 0.2) is 0 Å². The molecule has 3 rings (SSSR count). The summed E-state index contributed by atoms with van der Waals surface area (Å²) in [6.07, 6.45) is 5.95. The second kappa shape index (κ2) is 9.62. The van der Waals surface area contributed by atoms with E-state index in [2.05, 4.69) is 17.1 Å². The minimum absolute atomic E-state index is 0.122. The molecular weight excluding hydrogens is 363 g/mol. The van der Waals surface area contributed by atoms with Gasteiger partial charge in [-0.2, -0.15) is 0 Å². The van der Waals surface area contributed by atoms with Crippen LogP contribution in [0.3, 0.4) is 0 Å². The Hall–Kier alpha value is -1.50. The molecule has 0 aliphatic carbocycles. The maximum Gasteiger partial charge on any atom is 0.261 e. The van der Waals surface area contributed by atoms with Crippen LogP contribution in [-0.4, -0.2) is 43.6 Å². The number of nitrogens with zero attached hydrogens (tertiary/aromatic N) is 1. The zero-order chi connectivity index (χ0) is 19.2. The van der Waals surface area contributed by atoms with Crippen molar-refractivity contribution in [3.05, 3.63) is 34.5 Å². The summed E-state index contributed by atoms with van der Waals surface area (Å²) in [7, 11) is 1.57. The van der Waals surface area contributed by atoms with Crippen LogP contribution in [0.5, 0.6) is 0 Å². The maximum absolute atomic E-state index is 14.3. The Balaban J connectivity index is 1.74. The smallest absolute Gasteiger partial charge is 0.261 e. The average molecular weight is 393 g/mol. The van der Waals surface area contributed by atoms with Crippen LogP contribution < -0.4 is 5.32 Å². The summed E-state index contributed by atoms with van der Waals surface area (Å²) in [5.74, 6) is -0.420. The second-order valence-corrected chi connectivity index (χ2v) is 8.26. The molecule has 1 aromatic heterocycles. The number of hydrogen-bond donors (Lipinski definition) is 1. The molecule has 0 spiro atoms. The first-order valence-electron chi connectivity index (χ1n) is 9.86. The molecular formula is C21H29FN2O2S. The number of carbonyl (C=O) groups excluding carboxylic acids is 1. The summed E-state index contributed by atoms with van der Waals surface area (Å²) in [5.41, 5.74) is 0.652. The molecule has 1 aliphatic heterocycles. The molecule has 4 nitrogen and oxygen atoms in total.